The standard InChI is InChI=1S/C13H19ClN2O4S/c1-16(6-7-21(3,18)19)9-13(17)15-11-8-10(14)4-5-12(11)20-2/h4-5,8H,6-7,9H2,1-3H3,(H,15,17). The van der Waals surface area contributed by atoms with Crippen molar-refractivity contribution >= 4 is 33.0 Å². The van der Waals surface area contributed by atoms with Gasteiger partial charge in [-0.25, -0.2) is 8.42 Å². The van der Waals surface area contributed by atoms with E-state index in [0.717, 1.165) is 6.26 Å². The molecule has 1 amide bonds. The van der Waals surface area contributed by atoms with Gasteiger partial charge in [0, 0.05) is 17.8 Å². The highest BCUT2D eigenvalue weighted by Gasteiger charge is 2.12. The Morgan fingerprint density at radius 1 is 1.43 bits per heavy atom. The monoisotopic (exact) mass is 334 g/mol. The van der Waals surface area contributed by atoms with Crippen LogP contribution in [0.3, 0.4) is 0 Å². The zero-order valence-corrected chi connectivity index (χ0v) is 13.8. The van der Waals surface area contributed by atoms with Crippen LogP contribution in [-0.4, -0.2) is 58.5 Å². The molecular weight excluding hydrogens is 316 g/mol. The molecule has 0 aliphatic heterocycles. The quantitative estimate of drug-likeness (QED) is 0.812. The molecule has 8 heteroatoms. The Bertz CT molecular complexity index is 604. The first-order chi connectivity index (χ1) is 9.71. The van der Waals surface area contributed by atoms with Crippen molar-refractivity contribution < 1.29 is 17.9 Å². The van der Waals surface area contributed by atoms with Crippen LogP contribution in [-0.2, 0) is 14.6 Å². The summed E-state index contributed by atoms with van der Waals surface area (Å²) in [4.78, 5) is 13.6. The maximum absolute atomic E-state index is 11.9. The number of ether oxygens (including phenoxy) is 1. The van der Waals surface area contributed by atoms with Gasteiger partial charge in [-0.1, -0.05) is 11.6 Å². The van der Waals surface area contributed by atoms with Crippen molar-refractivity contribution in [2.75, 3.05) is 44.6 Å². The molecule has 0 atom stereocenters. The molecule has 0 saturated heterocycles. The predicted octanol–water partition coefficient (Wildman–Crippen LogP) is 1.26. The first-order valence-corrected chi connectivity index (χ1v) is 8.65. The highest BCUT2D eigenvalue weighted by molar-refractivity contribution is 7.90. The normalized spacial score (nSPS) is 11.5. The highest BCUT2D eigenvalue weighted by Crippen LogP contribution is 2.27. The summed E-state index contributed by atoms with van der Waals surface area (Å²) in [6.45, 7) is 0.365. The number of sulfone groups is 1. The number of nitrogens with zero attached hydrogens (tertiary/aromatic N) is 1. The average Bonchev–Trinajstić information content (AvgIpc) is 2.35. The van der Waals surface area contributed by atoms with Crippen molar-refractivity contribution in [2.45, 2.75) is 0 Å². The van der Waals surface area contributed by atoms with Crippen LogP contribution in [0, 0.1) is 0 Å². The number of methoxy groups -OCH3 is 1. The second-order valence-electron chi connectivity index (χ2n) is 4.76. The van der Waals surface area contributed by atoms with Crippen LogP contribution < -0.4 is 10.1 Å². The fourth-order valence-electron chi connectivity index (χ4n) is 1.61. The lowest BCUT2D eigenvalue weighted by molar-refractivity contribution is -0.117. The van der Waals surface area contributed by atoms with Crippen LogP contribution in [0.2, 0.25) is 5.02 Å². The van der Waals surface area contributed by atoms with Gasteiger partial charge in [-0.05, 0) is 25.2 Å². The van der Waals surface area contributed by atoms with Crippen molar-refractivity contribution in [1.29, 1.82) is 0 Å². The molecular formula is C13H19ClN2O4S. The fraction of sp³-hybridized carbons (Fsp3) is 0.462. The van der Waals surface area contributed by atoms with E-state index < -0.39 is 9.84 Å². The number of carbonyl (C=O) groups is 1. The predicted molar refractivity (Wildman–Crippen MR) is 83.8 cm³/mol. The number of halogens is 1. The first kappa shape index (κ1) is 17.7. The van der Waals surface area contributed by atoms with Crippen molar-refractivity contribution in [3.63, 3.8) is 0 Å². The van der Waals surface area contributed by atoms with E-state index in [1.54, 1.807) is 30.1 Å². The Morgan fingerprint density at radius 2 is 2.10 bits per heavy atom. The molecule has 0 spiro atoms. The van der Waals surface area contributed by atoms with Gasteiger partial charge in [0.05, 0.1) is 25.1 Å². The number of hydrogen-bond acceptors (Lipinski definition) is 5. The number of anilines is 1. The van der Waals surface area contributed by atoms with Crippen molar-refractivity contribution in [1.82, 2.24) is 4.90 Å². The molecule has 6 nitrogen and oxygen atoms in total. The molecule has 0 radical (unpaired) electrons. The van der Waals surface area contributed by atoms with Gasteiger partial charge in [-0.15, -0.1) is 0 Å². The number of carbonyl (C=O) groups excluding carboxylic acids is 1. The zero-order chi connectivity index (χ0) is 16.0. The molecule has 0 aliphatic carbocycles. The van der Waals surface area contributed by atoms with Crippen molar-refractivity contribution in [3.8, 4) is 5.75 Å². The molecule has 0 aliphatic rings. The van der Waals surface area contributed by atoms with Crippen molar-refractivity contribution in [3.05, 3.63) is 23.2 Å². The third-order valence-electron chi connectivity index (χ3n) is 2.69. The lowest BCUT2D eigenvalue weighted by Crippen LogP contribution is -2.33. The fourth-order valence-corrected chi connectivity index (χ4v) is 2.43. The molecule has 0 aromatic heterocycles. The van der Waals surface area contributed by atoms with E-state index in [1.807, 2.05) is 0 Å². The van der Waals surface area contributed by atoms with Gasteiger partial charge in [-0.3, -0.25) is 9.69 Å². The van der Waals surface area contributed by atoms with Crippen LogP contribution >= 0.6 is 11.6 Å². The SMILES string of the molecule is COc1ccc(Cl)cc1NC(=O)CN(C)CCS(C)(=O)=O. The van der Waals surface area contributed by atoms with Gasteiger partial charge in [-0.2, -0.15) is 0 Å². The number of hydrogen-bond donors (Lipinski definition) is 1. The molecule has 0 saturated carbocycles. The molecule has 118 valence electrons. The summed E-state index contributed by atoms with van der Waals surface area (Å²) in [5.41, 5.74) is 0.478. The molecule has 0 heterocycles. The Balaban J connectivity index is 2.59. The molecule has 0 fully saturated rings. The van der Waals surface area contributed by atoms with Gasteiger partial charge in [0.15, 0.2) is 0 Å². The first-order valence-electron chi connectivity index (χ1n) is 6.21. The lowest BCUT2D eigenvalue weighted by atomic mass is 10.3. The van der Waals surface area contributed by atoms with E-state index in [1.165, 1.54) is 7.11 Å². The van der Waals surface area contributed by atoms with E-state index >= 15 is 0 Å². The largest absolute Gasteiger partial charge is 0.495 e. The second-order valence-corrected chi connectivity index (χ2v) is 7.46. The minimum atomic E-state index is -3.04. The molecule has 1 aromatic rings. The van der Waals surface area contributed by atoms with Gasteiger partial charge < -0.3 is 10.1 Å². The van der Waals surface area contributed by atoms with Crippen LogP contribution in [0.5, 0.6) is 5.75 Å². The summed E-state index contributed by atoms with van der Waals surface area (Å²) in [7, 11) is 0.137. The third kappa shape index (κ3) is 6.79. The molecule has 1 rings (SSSR count). The Hall–Kier alpha value is -1.31. The summed E-state index contributed by atoms with van der Waals surface area (Å²) in [5.74, 6) is 0.246. The van der Waals surface area contributed by atoms with Gasteiger partial charge in [0.2, 0.25) is 5.91 Å². The number of benzene rings is 1. The maximum Gasteiger partial charge on any atom is 0.238 e. The van der Waals surface area contributed by atoms with E-state index in [2.05, 4.69) is 5.32 Å². The van der Waals surface area contributed by atoms with Crippen LogP contribution in [0.25, 0.3) is 0 Å². The highest BCUT2D eigenvalue weighted by atomic mass is 35.5. The Morgan fingerprint density at radius 3 is 2.67 bits per heavy atom. The number of nitrogens with one attached hydrogen (secondary N) is 1. The van der Waals surface area contributed by atoms with Gasteiger partial charge in [0.1, 0.15) is 15.6 Å². The van der Waals surface area contributed by atoms with E-state index in [9.17, 15) is 13.2 Å². The van der Waals surface area contributed by atoms with E-state index in [0.29, 0.717) is 23.0 Å². The van der Waals surface area contributed by atoms with Gasteiger partial charge in [0.25, 0.3) is 0 Å². The van der Waals surface area contributed by atoms with E-state index in [-0.39, 0.29) is 18.2 Å². The molecule has 21 heavy (non-hydrogen) atoms. The lowest BCUT2D eigenvalue weighted by Gasteiger charge is -2.16. The summed E-state index contributed by atoms with van der Waals surface area (Å²) < 4.78 is 27.3. The summed E-state index contributed by atoms with van der Waals surface area (Å²) in [6.07, 6.45) is 1.16. The Kier molecular flexibility index (Phi) is 6.44. The number of amides is 1. The van der Waals surface area contributed by atoms with Crippen LogP contribution in [0.4, 0.5) is 5.69 Å². The summed E-state index contributed by atoms with van der Waals surface area (Å²) in [5, 5.41) is 3.17. The minimum Gasteiger partial charge on any atom is -0.495 e. The molecule has 1 aromatic carbocycles. The molecule has 1 N–H and O–H groups in total. The summed E-state index contributed by atoms with van der Waals surface area (Å²) in [6, 6.07) is 4.91. The number of likely N-dealkylation sites (N-methyl/N-ethyl adjacent to an activating group) is 1. The smallest absolute Gasteiger partial charge is 0.238 e. The maximum atomic E-state index is 11.9. The Labute approximate surface area is 129 Å². The topological polar surface area (TPSA) is 75.7 Å². The van der Waals surface area contributed by atoms with Crippen molar-refractivity contribution in [2.24, 2.45) is 0 Å². The average molecular weight is 335 g/mol. The minimum absolute atomic E-state index is 0.0112. The molecule has 0 unspecified atom stereocenters. The van der Waals surface area contributed by atoms with E-state index in [4.69, 9.17) is 16.3 Å². The second kappa shape index (κ2) is 7.63. The van der Waals surface area contributed by atoms with Crippen LogP contribution in [0.15, 0.2) is 18.2 Å². The summed E-state index contributed by atoms with van der Waals surface area (Å²) >= 11 is 5.88. The third-order valence-corrected chi connectivity index (χ3v) is 3.85. The number of rotatable bonds is 7. The van der Waals surface area contributed by atoms with Gasteiger partial charge >= 0.3 is 0 Å². The van der Waals surface area contributed by atoms with Crippen LogP contribution in [0.1, 0.15) is 0 Å². The zero-order valence-electron chi connectivity index (χ0n) is 12.2. The molecule has 0 bridgehead atoms.